The lowest BCUT2D eigenvalue weighted by Crippen LogP contribution is -2.37. The van der Waals surface area contributed by atoms with Gasteiger partial charge in [-0.25, -0.2) is 0 Å². The minimum atomic E-state index is -0.624. The third-order valence-electron chi connectivity index (χ3n) is 3.97. The Morgan fingerprint density at radius 3 is 2.48 bits per heavy atom. The summed E-state index contributed by atoms with van der Waals surface area (Å²) in [5.41, 5.74) is 0.806. The van der Waals surface area contributed by atoms with Gasteiger partial charge in [-0.15, -0.1) is 0 Å². The number of likely N-dealkylation sites (N-methyl/N-ethyl adjacent to an activating group) is 1. The smallest absolute Gasteiger partial charge is 0.263 e. The fourth-order valence-electron chi connectivity index (χ4n) is 2.52. The van der Waals surface area contributed by atoms with Crippen LogP contribution in [0.5, 0.6) is 11.5 Å². The summed E-state index contributed by atoms with van der Waals surface area (Å²) in [7, 11) is 3.28. The molecular weight excluding hydrogens is 346 g/mol. The average molecular weight is 367 g/mol. The first kappa shape index (κ1) is 18.4. The molecule has 0 bridgehead atoms. The second-order valence-corrected chi connectivity index (χ2v) is 6.01. The van der Waals surface area contributed by atoms with Crippen LogP contribution >= 0.6 is 0 Å². The number of benzene rings is 2. The highest BCUT2D eigenvalue weighted by molar-refractivity contribution is 5.80. The summed E-state index contributed by atoms with van der Waals surface area (Å²) < 4.78 is 16.1. The van der Waals surface area contributed by atoms with Crippen molar-refractivity contribution in [2.45, 2.75) is 19.6 Å². The van der Waals surface area contributed by atoms with Crippen LogP contribution in [0.15, 0.2) is 59.1 Å². The largest absolute Gasteiger partial charge is 0.497 e. The van der Waals surface area contributed by atoms with E-state index < -0.39 is 6.10 Å². The van der Waals surface area contributed by atoms with Crippen molar-refractivity contribution in [3.63, 3.8) is 0 Å². The molecule has 0 saturated heterocycles. The monoisotopic (exact) mass is 367 g/mol. The molecule has 7 heteroatoms. The predicted octanol–water partition coefficient (Wildman–Crippen LogP) is 3.17. The molecule has 1 amide bonds. The zero-order valence-electron chi connectivity index (χ0n) is 15.5. The van der Waals surface area contributed by atoms with Crippen LogP contribution in [0.2, 0.25) is 0 Å². The highest BCUT2D eigenvalue weighted by Crippen LogP contribution is 2.20. The normalized spacial score (nSPS) is 11.7. The van der Waals surface area contributed by atoms with Gasteiger partial charge in [-0.05, 0) is 43.3 Å². The lowest BCUT2D eigenvalue weighted by molar-refractivity contribution is -0.137. The summed E-state index contributed by atoms with van der Waals surface area (Å²) in [5, 5.41) is 3.97. The molecule has 1 heterocycles. The molecule has 140 valence electrons. The van der Waals surface area contributed by atoms with Crippen LogP contribution in [0.1, 0.15) is 12.8 Å². The van der Waals surface area contributed by atoms with Gasteiger partial charge in [0, 0.05) is 12.6 Å². The number of carbonyl (C=O) groups excluding carboxylic acids is 1. The fourth-order valence-corrected chi connectivity index (χ4v) is 2.52. The van der Waals surface area contributed by atoms with Crippen LogP contribution in [0, 0.1) is 0 Å². The minimum absolute atomic E-state index is 0.178. The van der Waals surface area contributed by atoms with Gasteiger partial charge in [0.05, 0.1) is 13.7 Å². The van der Waals surface area contributed by atoms with Gasteiger partial charge >= 0.3 is 0 Å². The first-order chi connectivity index (χ1) is 13.1. The van der Waals surface area contributed by atoms with Crippen LogP contribution < -0.4 is 9.47 Å². The van der Waals surface area contributed by atoms with E-state index in [1.54, 1.807) is 21.1 Å². The molecule has 7 nitrogen and oxygen atoms in total. The second-order valence-electron chi connectivity index (χ2n) is 6.01. The highest BCUT2D eigenvalue weighted by Gasteiger charge is 2.21. The zero-order chi connectivity index (χ0) is 19.2. The molecule has 0 aliphatic heterocycles. The van der Waals surface area contributed by atoms with Gasteiger partial charge in [-0.2, -0.15) is 4.98 Å². The molecule has 3 rings (SSSR count). The number of aromatic nitrogens is 2. The maximum atomic E-state index is 12.5. The van der Waals surface area contributed by atoms with E-state index in [-0.39, 0.29) is 12.5 Å². The maximum Gasteiger partial charge on any atom is 0.263 e. The first-order valence-corrected chi connectivity index (χ1v) is 8.50. The van der Waals surface area contributed by atoms with E-state index in [0.717, 1.165) is 11.3 Å². The van der Waals surface area contributed by atoms with Crippen molar-refractivity contribution < 1.29 is 18.8 Å². The Bertz CT molecular complexity index is 878. The Hall–Kier alpha value is -3.35. The van der Waals surface area contributed by atoms with Gasteiger partial charge in [0.1, 0.15) is 11.5 Å². The number of nitrogens with zero attached hydrogens (tertiary/aromatic N) is 3. The summed E-state index contributed by atoms with van der Waals surface area (Å²) in [4.78, 5) is 18.3. The third kappa shape index (κ3) is 4.63. The molecule has 0 radical (unpaired) electrons. The summed E-state index contributed by atoms with van der Waals surface area (Å²) in [6, 6.07) is 16.6. The molecule has 27 heavy (non-hydrogen) atoms. The number of rotatable bonds is 7. The van der Waals surface area contributed by atoms with Crippen LogP contribution in [0.25, 0.3) is 11.4 Å². The molecule has 2 aromatic carbocycles. The van der Waals surface area contributed by atoms with Crippen molar-refractivity contribution >= 4 is 5.91 Å². The Morgan fingerprint density at radius 1 is 1.11 bits per heavy atom. The number of amides is 1. The molecule has 1 aromatic heterocycles. The van der Waals surface area contributed by atoms with E-state index >= 15 is 0 Å². The number of methoxy groups -OCH3 is 1. The van der Waals surface area contributed by atoms with Gasteiger partial charge in [0.15, 0.2) is 6.10 Å². The Morgan fingerprint density at radius 2 is 1.81 bits per heavy atom. The van der Waals surface area contributed by atoms with E-state index in [0.29, 0.717) is 17.5 Å². The molecule has 0 aliphatic carbocycles. The van der Waals surface area contributed by atoms with Crippen molar-refractivity contribution in [2.24, 2.45) is 0 Å². The molecule has 0 fully saturated rings. The third-order valence-corrected chi connectivity index (χ3v) is 3.97. The summed E-state index contributed by atoms with van der Waals surface area (Å²) >= 11 is 0. The van der Waals surface area contributed by atoms with Gasteiger partial charge in [0.2, 0.25) is 11.7 Å². The van der Waals surface area contributed by atoms with Crippen LogP contribution in [0.3, 0.4) is 0 Å². The van der Waals surface area contributed by atoms with E-state index in [1.165, 1.54) is 4.90 Å². The number of carbonyl (C=O) groups is 1. The molecule has 0 unspecified atom stereocenters. The topological polar surface area (TPSA) is 77.7 Å². The zero-order valence-corrected chi connectivity index (χ0v) is 15.5. The maximum absolute atomic E-state index is 12.5. The minimum Gasteiger partial charge on any atom is -0.497 e. The van der Waals surface area contributed by atoms with Crippen LogP contribution in [-0.4, -0.2) is 41.2 Å². The van der Waals surface area contributed by atoms with Crippen molar-refractivity contribution in [3.05, 3.63) is 60.5 Å². The SMILES string of the molecule is COc1ccc(-c2noc(CN(C)C(=O)[C@@H](C)Oc3ccccc3)n2)cc1. The van der Waals surface area contributed by atoms with Crippen molar-refractivity contribution in [3.8, 4) is 22.9 Å². The van der Waals surface area contributed by atoms with Gasteiger partial charge in [0.25, 0.3) is 5.91 Å². The van der Waals surface area contributed by atoms with Crippen LogP contribution in [-0.2, 0) is 11.3 Å². The average Bonchev–Trinajstić information content (AvgIpc) is 3.16. The molecule has 0 N–H and O–H groups in total. The Kier molecular flexibility index (Phi) is 5.71. The fraction of sp³-hybridized carbons (Fsp3) is 0.250. The molecule has 0 aliphatic rings. The quantitative estimate of drug-likeness (QED) is 0.638. The lowest BCUT2D eigenvalue weighted by Gasteiger charge is -2.20. The first-order valence-electron chi connectivity index (χ1n) is 8.50. The highest BCUT2D eigenvalue weighted by atomic mass is 16.5. The molecular formula is C20H21N3O4. The van der Waals surface area contributed by atoms with E-state index in [4.69, 9.17) is 14.0 Å². The number of para-hydroxylation sites is 1. The summed E-state index contributed by atoms with van der Waals surface area (Å²) in [6.45, 7) is 1.91. The standard InChI is InChI=1S/C20H21N3O4/c1-14(26-17-7-5-4-6-8-17)20(24)23(2)13-18-21-19(22-27-18)15-9-11-16(25-3)12-10-15/h4-12,14H,13H2,1-3H3/t14-/m1/s1. The Labute approximate surface area is 157 Å². The van der Waals surface area contributed by atoms with Crippen LogP contribution in [0.4, 0.5) is 0 Å². The second kappa shape index (κ2) is 8.35. The number of hydrogen-bond acceptors (Lipinski definition) is 6. The van der Waals surface area contributed by atoms with Crippen molar-refractivity contribution in [1.29, 1.82) is 0 Å². The van der Waals surface area contributed by atoms with Crippen molar-refractivity contribution in [1.82, 2.24) is 15.0 Å². The van der Waals surface area contributed by atoms with E-state index in [2.05, 4.69) is 10.1 Å². The summed E-state index contributed by atoms with van der Waals surface area (Å²) in [6.07, 6.45) is -0.624. The van der Waals surface area contributed by atoms with E-state index in [9.17, 15) is 4.79 Å². The number of ether oxygens (including phenoxy) is 2. The lowest BCUT2D eigenvalue weighted by atomic mass is 10.2. The number of hydrogen-bond donors (Lipinski definition) is 0. The summed E-state index contributed by atoms with van der Waals surface area (Å²) in [5.74, 6) is 2.03. The molecule has 0 saturated carbocycles. The van der Waals surface area contributed by atoms with E-state index in [1.807, 2.05) is 54.6 Å². The van der Waals surface area contributed by atoms with Gasteiger partial charge in [-0.3, -0.25) is 4.79 Å². The Balaban J connectivity index is 1.61. The molecule has 3 aromatic rings. The molecule has 1 atom stereocenters. The van der Waals surface area contributed by atoms with Gasteiger partial charge in [-0.1, -0.05) is 23.4 Å². The van der Waals surface area contributed by atoms with Gasteiger partial charge < -0.3 is 18.9 Å². The molecule has 0 spiro atoms. The van der Waals surface area contributed by atoms with Crippen molar-refractivity contribution in [2.75, 3.05) is 14.2 Å². The predicted molar refractivity (Wildman–Crippen MR) is 99.3 cm³/mol.